The molecule has 1 aromatic heterocycles. The van der Waals surface area contributed by atoms with Crippen molar-refractivity contribution in [3.63, 3.8) is 0 Å². The summed E-state index contributed by atoms with van der Waals surface area (Å²) >= 11 is 2.85. The lowest BCUT2D eigenvalue weighted by molar-refractivity contribution is -0.138. The van der Waals surface area contributed by atoms with Gasteiger partial charge in [-0.05, 0) is 38.5 Å². The zero-order chi connectivity index (χ0) is 15.4. The van der Waals surface area contributed by atoms with Crippen molar-refractivity contribution in [3.05, 3.63) is 22.7 Å². The average Bonchev–Trinajstić information content (AvgIpc) is 2.90. The maximum Gasteiger partial charge on any atom is 0.329 e. The molecular weight excluding hydrogens is 308 g/mol. The lowest BCUT2D eigenvalue weighted by Gasteiger charge is -2.19. The Balaban J connectivity index is 2.05. The second kappa shape index (κ2) is 4.71. The maximum absolute atomic E-state index is 11.3. The molecule has 0 radical (unpaired) electrons. The van der Waals surface area contributed by atoms with Crippen LogP contribution >= 0.6 is 23.1 Å². The third kappa shape index (κ3) is 2.40. The zero-order valence-electron chi connectivity index (χ0n) is 11.7. The minimum Gasteiger partial charge on any atom is -0.508 e. The molecule has 0 amide bonds. The van der Waals surface area contributed by atoms with Crippen LogP contribution in [0.4, 0.5) is 0 Å². The van der Waals surface area contributed by atoms with Gasteiger partial charge in [0.05, 0.1) is 10.2 Å². The van der Waals surface area contributed by atoms with Gasteiger partial charge in [0.15, 0.2) is 6.04 Å². The van der Waals surface area contributed by atoms with E-state index in [9.17, 15) is 15.0 Å². The molecule has 2 aromatic rings. The van der Waals surface area contributed by atoms with Crippen LogP contribution in [0.5, 0.6) is 5.75 Å². The van der Waals surface area contributed by atoms with Crippen molar-refractivity contribution in [1.29, 1.82) is 0 Å². The lowest BCUT2D eigenvalue weighted by Crippen LogP contribution is -2.34. The standard InChI is InChI=1S/C14H14N2O3S2/c1-6-4-7-9(5-8(6)17)20-11(15-7)12-16-10(13(18)19)14(2,3)21-12/h4-5,10,17H,1-3H3,(H,18,19). The van der Waals surface area contributed by atoms with Crippen molar-refractivity contribution in [1.82, 2.24) is 4.98 Å². The number of phenolic OH excluding ortho intramolecular Hbond substituents is 1. The SMILES string of the molecule is Cc1cc2nc(C3=NC(C(=O)O)C(C)(C)S3)sc2cc1O. The molecule has 7 heteroatoms. The van der Waals surface area contributed by atoms with Crippen LogP contribution in [0.3, 0.4) is 0 Å². The van der Waals surface area contributed by atoms with Crippen molar-refractivity contribution in [2.24, 2.45) is 4.99 Å². The van der Waals surface area contributed by atoms with Crippen LogP contribution in [0.2, 0.25) is 0 Å². The van der Waals surface area contributed by atoms with E-state index in [0.717, 1.165) is 15.8 Å². The first-order valence-corrected chi connectivity index (χ1v) is 8.01. The van der Waals surface area contributed by atoms with E-state index in [-0.39, 0.29) is 5.75 Å². The second-order valence-electron chi connectivity index (χ2n) is 5.51. The quantitative estimate of drug-likeness (QED) is 0.888. The molecule has 5 nitrogen and oxygen atoms in total. The molecule has 1 atom stereocenters. The van der Waals surface area contributed by atoms with E-state index in [1.165, 1.54) is 23.1 Å². The Morgan fingerprint density at radius 2 is 2.10 bits per heavy atom. The number of carbonyl (C=O) groups is 1. The first kappa shape index (κ1) is 14.3. The van der Waals surface area contributed by atoms with Crippen molar-refractivity contribution in [2.45, 2.75) is 31.6 Å². The van der Waals surface area contributed by atoms with Gasteiger partial charge in [0.2, 0.25) is 0 Å². The third-order valence-electron chi connectivity index (χ3n) is 3.39. The summed E-state index contributed by atoms with van der Waals surface area (Å²) in [5.41, 5.74) is 1.56. The minimum atomic E-state index is -0.919. The number of aromatic nitrogens is 1. The van der Waals surface area contributed by atoms with Gasteiger partial charge in [-0.1, -0.05) is 11.8 Å². The van der Waals surface area contributed by atoms with Gasteiger partial charge in [-0.3, -0.25) is 4.99 Å². The van der Waals surface area contributed by atoms with Gasteiger partial charge in [-0.2, -0.15) is 0 Å². The highest BCUT2D eigenvalue weighted by Gasteiger charge is 2.43. The molecule has 0 fully saturated rings. The number of aliphatic imine (C=N–C) groups is 1. The number of rotatable bonds is 2. The monoisotopic (exact) mass is 322 g/mol. The number of aliphatic carboxylic acids is 1. The molecular formula is C14H14N2O3S2. The zero-order valence-corrected chi connectivity index (χ0v) is 13.4. The molecule has 0 aliphatic carbocycles. The predicted octanol–water partition coefficient (Wildman–Crippen LogP) is 3.04. The van der Waals surface area contributed by atoms with E-state index in [0.29, 0.717) is 10.1 Å². The van der Waals surface area contributed by atoms with Gasteiger partial charge >= 0.3 is 5.97 Å². The number of hydrogen-bond acceptors (Lipinski definition) is 6. The van der Waals surface area contributed by atoms with Crippen molar-refractivity contribution < 1.29 is 15.0 Å². The van der Waals surface area contributed by atoms with Gasteiger partial charge in [0, 0.05) is 4.75 Å². The number of aromatic hydroxyl groups is 1. The van der Waals surface area contributed by atoms with Crippen LogP contribution in [0, 0.1) is 6.92 Å². The fourth-order valence-electron chi connectivity index (χ4n) is 2.21. The van der Waals surface area contributed by atoms with Crippen LogP contribution in [-0.2, 0) is 4.79 Å². The van der Waals surface area contributed by atoms with E-state index in [1.807, 2.05) is 26.8 Å². The third-order valence-corrected chi connectivity index (χ3v) is 5.78. The number of carboxylic acid groups (broad SMARTS) is 1. The highest BCUT2D eigenvalue weighted by Crippen LogP contribution is 2.41. The summed E-state index contributed by atoms with van der Waals surface area (Å²) < 4.78 is 0.379. The number of phenols is 1. The molecule has 1 aliphatic rings. The van der Waals surface area contributed by atoms with Gasteiger partial charge in [-0.15, -0.1) is 11.3 Å². The van der Waals surface area contributed by atoms with Crippen LogP contribution in [0.1, 0.15) is 24.4 Å². The molecule has 0 spiro atoms. The first-order valence-electron chi connectivity index (χ1n) is 6.38. The predicted molar refractivity (Wildman–Crippen MR) is 85.7 cm³/mol. The number of thiazole rings is 1. The van der Waals surface area contributed by atoms with Gasteiger partial charge < -0.3 is 10.2 Å². The Kier molecular flexibility index (Phi) is 3.22. The van der Waals surface area contributed by atoms with Crippen LogP contribution in [0.15, 0.2) is 17.1 Å². The minimum absolute atomic E-state index is 0.238. The van der Waals surface area contributed by atoms with Gasteiger partial charge in [0.1, 0.15) is 15.8 Å². The van der Waals surface area contributed by atoms with Crippen LogP contribution in [-0.4, -0.2) is 37.0 Å². The number of carboxylic acids is 1. The highest BCUT2D eigenvalue weighted by atomic mass is 32.2. The molecule has 0 saturated carbocycles. The second-order valence-corrected chi connectivity index (χ2v) is 8.18. The number of aryl methyl sites for hydroxylation is 1. The van der Waals surface area contributed by atoms with E-state index in [1.54, 1.807) is 6.07 Å². The molecule has 0 bridgehead atoms. The van der Waals surface area contributed by atoms with Gasteiger partial charge in [0.25, 0.3) is 0 Å². The van der Waals surface area contributed by atoms with Crippen LogP contribution < -0.4 is 0 Å². The fraction of sp³-hybridized carbons (Fsp3) is 0.357. The molecule has 1 unspecified atom stereocenters. The number of benzene rings is 1. The Morgan fingerprint density at radius 1 is 1.38 bits per heavy atom. The summed E-state index contributed by atoms with van der Waals surface area (Å²) in [4.78, 5) is 20.1. The molecule has 1 aromatic carbocycles. The number of fused-ring (bicyclic) bond motifs is 1. The summed E-state index contributed by atoms with van der Waals surface area (Å²) in [6.07, 6.45) is 0. The van der Waals surface area contributed by atoms with E-state index in [2.05, 4.69) is 9.98 Å². The largest absolute Gasteiger partial charge is 0.508 e. The summed E-state index contributed by atoms with van der Waals surface area (Å²) in [5.74, 6) is -0.681. The molecule has 2 N–H and O–H groups in total. The maximum atomic E-state index is 11.3. The van der Waals surface area contributed by atoms with E-state index < -0.39 is 16.8 Å². The molecule has 0 saturated heterocycles. The number of nitrogens with zero attached hydrogens (tertiary/aromatic N) is 2. The molecule has 3 rings (SSSR count). The Hall–Kier alpha value is -1.60. The average molecular weight is 322 g/mol. The highest BCUT2D eigenvalue weighted by molar-refractivity contribution is 8.16. The molecule has 1 aliphatic heterocycles. The molecule has 110 valence electrons. The van der Waals surface area contributed by atoms with E-state index in [4.69, 9.17) is 0 Å². The normalized spacial score (nSPS) is 20.7. The molecule has 21 heavy (non-hydrogen) atoms. The van der Waals surface area contributed by atoms with E-state index >= 15 is 0 Å². The molecule has 2 heterocycles. The Labute approximate surface area is 129 Å². The summed E-state index contributed by atoms with van der Waals surface area (Å²) in [5, 5.41) is 20.4. The first-order chi connectivity index (χ1) is 9.78. The van der Waals surface area contributed by atoms with Crippen molar-refractivity contribution in [3.8, 4) is 5.75 Å². The summed E-state index contributed by atoms with van der Waals surface area (Å²) in [6.45, 7) is 5.56. The van der Waals surface area contributed by atoms with Gasteiger partial charge in [-0.25, -0.2) is 9.78 Å². The summed E-state index contributed by atoms with van der Waals surface area (Å²) in [6, 6.07) is 2.75. The Morgan fingerprint density at radius 3 is 2.71 bits per heavy atom. The fourth-order valence-corrected chi connectivity index (χ4v) is 4.39. The topological polar surface area (TPSA) is 82.8 Å². The van der Waals surface area contributed by atoms with Crippen molar-refractivity contribution >= 4 is 44.3 Å². The lowest BCUT2D eigenvalue weighted by atomic mass is 10.0. The Bertz CT molecular complexity index is 741. The van der Waals surface area contributed by atoms with Crippen LogP contribution in [0.25, 0.3) is 10.2 Å². The van der Waals surface area contributed by atoms with Crippen molar-refractivity contribution in [2.75, 3.05) is 0 Å². The smallest absolute Gasteiger partial charge is 0.329 e. The number of hydrogen-bond donors (Lipinski definition) is 2. The summed E-state index contributed by atoms with van der Waals surface area (Å²) in [7, 11) is 0. The number of thioether (sulfide) groups is 1.